The molecule has 106 valence electrons. The van der Waals surface area contributed by atoms with Gasteiger partial charge in [0, 0.05) is 11.1 Å². The predicted molar refractivity (Wildman–Crippen MR) is 80.2 cm³/mol. The first kappa shape index (κ1) is 14.5. The number of pyridine rings is 1. The quantitative estimate of drug-likeness (QED) is 0.944. The second-order valence-electron chi connectivity index (χ2n) is 5.60. The monoisotopic (exact) mass is 290 g/mol. The van der Waals surface area contributed by atoms with Gasteiger partial charge in [-0.2, -0.15) is 0 Å². The summed E-state index contributed by atoms with van der Waals surface area (Å²) in [6, 6.07) is 11.8. The molecule has 0 saturated carbocycles. The van der Waals surface area contributed by atoms with Gasteiger partial charge in [0.2, 0.25) is 0 Å². The van der Waals surface area contributed by atoms with E-state index in [0.717, 1.165) is 5.69 Å². The second kappa shape index (κ2) is 5.25. The van der Waals surface area contributed by atoms with Gasteiger partial charge in [-0.05, 0) is 24.3 Å². The van der Waals surface area contributed by atoms with Gasteiger partial charge in [0.1, 0.15) is 0 Å². The highest BCUT2D eigenvalue weighted by atomic mass is 32.2. The zero-order valence-corrected chi connectivity index (χ0v) is 12.6. The predicted octanol–water partition coefficient (Wildman–Crippen LogP) is 3.18. The molecule has 1 N–H and O–H groups in total. The van der Waals surface area contributed by atoms with Crippen LogP contribution in [0, 0.1) is 0 Å². The van der Waals surface area contributed by atoms with Crippen molar-refractivity contribution in [3.05, 3.63) is 54.4 Å². The summed E-state index contributed by atoms with van der Waals surface area (Å²) in [4.78, 5) is 4.54. The first-order valence-corrected chi connectivity index (χ1v) is 7.82. The Kier molecular flexibility index (Phi) is 3.81. The summed E-state index contributed by atoms with van der Waals surface area (Å²) in [6.45, 7) is 6.18. The van der Waals surface area contributed by atoms with Crippen LogP contribution in [0.2, 0.25) is 0 Å². The van der Waals surface area contributed by atoms with E-state index in [1.54, 1.807) is 42.6 Å². The average molecular weight is 290 g/mol. The number of nitrogens with one attached hydrogen (secondary N) is 1. The third-order valence-electron chi connectivity index (χ3n) is 2.84. The van der Waals surface area contributed by atoms with E-state index in [4.69, 9.17) is 0 Å². The summed E-state index contributed by atoms with van der Waals surface area (Å²) in [5.41, 5.74) is 1.32. The van der Waals surface area contributed by atoms with Crippen LogP contribution >= 0.6 is 0 Å². The van der Waals surface area contributed by atoms with Gasteiger partial charge in [-0.15, -0.1) is 0 Å². The second-order valence-corrected chi connectivity index (χ2v) is 7.28. The number of rotatable bonds is 3. The molecule has 0 aliphatic carbocycles. The van der Waals surface area contributed by atoms with Crippen LogP contribution in [-0.2, 0) is 15.4 Å². The number of benzene rings is 1. The first-order chi connectivity index (χ1) is 9.29. The van der Waals surface area contributed by atoms with Crippen LogP contribution in [0.15, 0.2) is 53.6 Å². The summed E-state index contributed by atoms with van der Waals surface area (Å²) < 4.78 is 26.8. The standard InChI is InChI=1S/C15H18N2O2S/c1-15(2,3)14-10-9-12(11-16-14)17-20(18,19)13-7-5-4-6-8-13/h4-11,17H,1-3H3. The van der Waals surface area contributed by atoms with Crippen molar-refractivity contribution in [1.82, 2.24) is 4.98 Å². The SMILES string of the molecule is CC(C)(C)c1ccc(NS(=O)(=O)c2ccccc2)cn1. The molecule has 1 aromatic heterocycles. The summed E-state index contributed by atoms with van der Waals surface area (Å²) in [6.07, 6.45) is 1.54. The molecule has 0 unspecified atom stereocenters. The van der Waals surface area contributed by atoms with Gasteiger partial charge in [0.05, 0.1) is 16.8 Å². The minimum absolute atomic E-state index is 0.0587. The van der Waals surface area contributed by atoms with Gasteiger partial charge in [-0.25, -0.2) is 8.42 Å². The van der Waals surface area contributed by atoms with E-state index in [1.807, 2.05) is 6.07 Å². The lowest BCUT2D eigenvalue weighted by molar-refractivity contribution is 0.569. The van der Waals surface area contributed by atoms with Crippen molar-refractivity contribution < 1.29 is 8.42 Å². The number of nitrogens with zero attached hydrogens (tertiary/aromatic N) is 1. The van der Waals surface area contributed by atoms with Crippen LogP contribution in [-0.4, -0.2) is 13.4 Å². The smallest absolute Gasteiger partial charge is 0.261 e. The maximum Gasteiger partial charge on any atom is 0.261 e. The van der Waals surface area contributed by atoms with Gasteiger partial charge >= 0.3 is 0 Å². The van der Waals surface area contributed by atoms with Gasteiger partial charge in [-0.3, -0.25) is 9.71 Å². The molecule has 0 bridgehead atoms. The summed E-state index contributed by atoms with van der Waals surface area (Å²) >= 11 is 0. The zero-order chi connectivity index (χ0) is 14.8. The van der Waals surface area contributed by atoms with Crippen molar-refractivity contribution in [2.75, 3.05) is 4.72 Å². The number of hydrogen-bond acceptors (Lipinski definition) is 3. The van der Waals surface area contributed by atoms with Crippen LogP contribution in [0.4, 0.5) is 5.69 Å². The molecule has 0 spiro atoms. The van der Waals surface area contributed by atoms with Crippen LogP contribution in [0.25, 0.3) is 0 Å². The van der Waals surface area contributed by atoms with E-state index in [1.165, 1.54) is 0 Å². The minimum Gasteiger partial charge on any atom is -0.278 e. The number of hydrogen-bond donors (Lipinski definition) is 1. The molecule has 0 amide bonds. The third kappa shape index (κ3) is 3.36. The molecule has 1 heterocycles. The van der Waals surface area contributed by atoms with Crippen molar-refractivity contribution in [1.29, 1.82) is 0 Å². The molecule has 0 radical (unpaired) electrons. The Morgan fingerprint density at radius 3 is 2.15 bits per heavy atom. The first-order valence-electron chi connectivity index (χ1n) is 6.33. The number of aromatic nitrogens is 1. The molecule has 1 aromatic carbocycles. The van der Waals surface area contributed by atoms with Gasteiger partial charge in [-0.1, -0.05) is 39.0 Å². The van der Waals surface area contributed by atoms with Gasteiger partial charge in [0.15, 0.2) is 0 Å². The Morgan fingerprint density at radius 2 is 1.65 bits per heavy atom. The molecule has 0 aliphatic rings. The Hall–Kier alpha value is -1.88. The van der Waals surface area contributed by atoms with Crippen molar-refractivity contribution in [2.24, 2.45) is 0 Å². The lowest BCUT2D eigenvalue weighted by Gasteiger charge is -2.17. The van der Waals surface area contributed by atoms with Gasteiger partial charge < -0.3 is 0 Å². The highest BCUT2D eigenvalue weighted by Gasteiger charge is 2.17. The van der Waals surface area contributed by atoms with Crippen LogP contribution in [0.5, 0.6) is 0 Å². The molecule has 0 atom stereocenters. The van der Waals surface area contributed by atoms with E-state index < -0.39 is 10.0 Å². The summed E-state index contributed by atoms with van der Waals surface area (Å²) in [5, 5.41) is 0. The maximum atomic E-state index is 12.1. The van der Waals surface area contributed by atoms with E-state index in [9.17, 15) is 8.42 Å². The van der Waals surface area contributed by atoms with E-state index >= 15 is 0 Å². The lowest BCUT2D eigenvalue weighted by atomic mass is 9.92. The lowest BCUT2D eigenvalue weighted by Crippen LogP contribution is -2.15. The molecule has 4 nitrogen and oxygen atoms in total. The maximum absolute atomic E-state index is 12.1. The molecule has 5 heteroatoms. The van der Waals surface area contributed by atoms with Gasteiger partial charge in [0.25, 0.3) is 10.0 Å². The third-order valence-corrected chi connectivity index (χ3v) is 4.23. The van der Waals surface area contributed by atoms with Crippen molar-refractivity contribution >= 4 is 15.7 Å². The van der Waals surface area contributed by atoms with Crippen molar-refractivity contribution in [3.8, 4) is 0 Å². The van der Waals surface area contributed by atoms with Crippen molar-refractivity contribution in [2.45, 2.75) is 31.1 Å². The fraction of sp³-hybridized carbons (Fsp3) is 0.267. The Morgan fingerprint density at radius 1 is 1.00 bits per heavy atom. The normalized spacial score (nSPS) is 12.2. The van der Waals surface area contributed by atoms with Crippen molar-refractivity contribution in [3.63, 3.8) is 0 Å². The van der Waals surface area contributed by atoms with E-state index in [0.29, 0.717) is 5.69 Å². The minimum atomic E-state index is -3.55. The summed E-state index contributed by atoms with van der Waals surface area (Å²) in [5.74, 6) is 0. The fourth-order valence-electron chi connectivity index (χ4n) is 1.71. The Labute approximate surface area is 119 Å². The molecule has 0 fully saturated rings. The largest absolute Gasteiger partial charge is 0.278 e. The number of anilines is 1. The summed E-state index contributed by atoms with van der Waals surface area (Å²) in [7, 11) is -3.55. The molecule has 0 aliphatic heterocycles. The van der Waals surface area contributed by atoms with Crippen LogP contribution < -0.4 is 4.72 Å². The van der Waals surface area contributed by atoms with Crippen LogP contribution in [0.1, 0.15) is 26.5 Å². The average Bonchev–Trinajstić information content (AvgIpc) is 2.39. The topological polar surface area (TPSA) is 59.1 Å². The highest BCUT2D eigenvalue weighted by Crippen LogP contribution is 2.22. The molecule has 2 rings (SSSR count). The molecular formula is C15H18N2O2S. The highest BCUT2D eigenvalue weighted by molar-refractivity contribution is 7.92. The molecule has 2 aromatic rings. The van der Waals surface area contributed by atoms with Crippen LogP contribution in [0.3, 0.4) is 0 Å². The molecular weight excluding hydrogens is 272 g/mol. The van der Waals surface area contributed by atoms with E-state index in [-0.39, 0.29) is 10.3 Å². The zero-order valence-electron chi connectivity index (χ0n) is 11.8. The molecule has 20 heavy (non-hydrogen) atoms. The fourth-order valence-corrected chi connectivity index (χ4v) is 2.78. The number of sulfonamides is 1. The van der Waals surface area contributed by atoms with E-state index in [2.05, 4.69) is 30.5 Å². The Bertz CT molecular complexity index is 672. The Balaban J connectivity index is 2.23. The molecule has 0 saturated heterocycles.